The van der Waals surface area contributed by atoms with E-state index in [0.29, 0.717) is 11.2 Å². The van der Waals surface area contributed by atoms with E-state index in [-0.39, 0.29) is 29.5 Å². The zero-order valence-electron chi connectivity index (χ0n) is 17.7. The molecule has 0 spiro atoms. The van der Waals surface area contributed by atoms with Crippen molar-refractivity contribution in [3.63, 3.8) is 0 Å². The summed E-state index contributed by atoms with van der Waals surface area (Å²) in [7, 11) is 3.54. The molecular formula is C21H29N5O2S. The lowest BCUT2D eigenvalue weighted by Gasteiger charge is -2.19. The summed E-state index contributed by atoms with van der Waals surface area (Å²) in [5, 5.41) is 12.1. The van der Waals surface area contributed by atoms with Crippen LogP contribution in [0, 0.1) is 0 Å². The highest BCUT2D eigenvalue weighted by Crippen LogP contribution is 2.27. The Morgan fingerprint density at radius 3 is 2.45 bits per heavy atom. The molecule has 0 radical (unpaired) electrons. The Balaban J connectivity index is 1.57. The van der Waals surface area contributed by atoms with Crippen molar-refractivity contribution in [2.45, 2.75) is 50.2 Å². The van der Waals surface area contributed by atoms with Crippen molar-refractivity contribution in [3.8, 4) is 11.4 Å². The molecule has 0 bridgehead atoms. The molecule has 3 rings (SSSR count). The highest BCUT2D eigenvalue weighted by Gasteiger charge is 2.24. The first-order valence-corrected chi connectivity index (χ1v) is 10.8. The number of thioether (sulfide) groups is 1. The summed E-state index contributed by atoms with van der Waals surface area (Å²) in [6.07, 6.45) is 2.07. The fourth-order valence-corrected chi connectivity index (χ4v) is 3.70. The number of amides is 2. The Morgan fingerprint density at radius 2 is 1.86 bits per heavy atom. The molecule has 1 heterocycles. The van der Waals surface area contributed by atoms with Gasteiger partial charge in [0, 0.05) is 25.7 Å². The van der Waals surface area contributed by atoms with Crippen molar-refractivity contribution < 1.29 is 9.59 Å². The largest absolute Gasteiger partial charge is 0.352 e. The Bertz CT molecular complexity index is 881. The number of nitrogens with zero attached hydrogens (tertiary/aromatic N) is 4. The summed E-state index contributed by atoms with van der Waals surface area (Å²) in [6, 6.07) is 8.63. The minimum absolute atomic E-state index is 0.0834. The molecule has 0 saturated heterocycles. The summed E-state index contributed by atoms with van der Waals surface area (Å²) >= 11 is 1.33. The quantitative estimate of drug-likeness (QED) is 0.703. The average Bonchev–Trinajstić information content (AvgIpc) is 3.39. The van der Waals surface area contributed by atoms with Gasteiger partial charge in [0.15, 0.2) is 11.0 Å². The van der Waals surface area contributed by atoms with Crippen LogP contribution in [-0.2, 0) is 22.1 Å². The number of carbonyl (C=O) groups excluding carboxylic acids is 2. The number of rotatable bonds is 7. The zero-order valence-corrected chi connectivity index (χ0v) is 18.5. The van der Waals surface area contributed by atoms with Crippen LogP contribution in [0.1, 0.15) is 39.2 Å². The van der Waals surface area contributed by atoms with E-state index in [1.165, 1.54) is 22.2 Å². The van der Waals surface area contributed by atoms with Crippen molar-refractivity contribution >= 4 is 23.6 Å². The standard InChI is InChI=1S/C21H29N5O2S/c1-21(2,3)15-8-6-14(7-9-15)19-23-24-20(26(19)5)29-13-18(28)25(4)12-17(27)22-16-10-11-16/h6-9,16H,10-13H2,1-5H3,(H,22,27). The molecule has 8 heteroatoms. The zero-order chi connectivity index (χ0) is 21.2. The summed E-state index contributed by atoms with van der Waals surface area (Å²) < 4.78 is 1.89. The van der Waals surface area contributed by atoms with Gasteiger partial charge in [0.25, 0.3) is 0 Å². The number of likely N-dealkylation sites (N-methyl/N-ethyl adjacent to an activating group) is 1. The number of hydrogen-bond donors (Lipinski definition) is 1. The molecule has 1 aromatic carbocycles. The Labute approximate surface area is 176 Å². The number of carbonyl (C=O) groups is 2. The molecule has 0 aliphatic heterocycles. The van der Waals surface area contributed by atoms with Crippen LogP contribution in [0.5, 0.6) is 0 Å². The third kappa shape index (κ3) is 5.59. The molecular weight excluding hydrogens is 386 g/mol. The second-order valence-corrected chi connectivity index (χ2v) is 9.52. The molecule has 156 valence electrons. The van der Waals surface area contributed by atoms with Gasteiger partial charge in [0.1, 0.15) is 0 Å². The minimum Gasteiger partial charge on any atom is -0.352 e. The lowest BCUT2D eigenvalue weighted by molar-refractivity contribution is -0.132. The van der Waals surface area contributed by atoms with E-state index in [9.17, 15) is 9.59 Å². The van der Waals surface area contributed by atoms with Crippen molar-refractivity contribution in [2.75, 3.05) is 19.3 Å². The highest BCUT2D eigenvalue weighted by molar-refractivity contribution is 7.99. The molecule has 29 heavy (non-hydrogen) atoms. The summed E-state index contributed by atoms with van der Waals surface area (Å²) in [5.41, 5.74) is 2.35. The maximum absolute atomic E-state index is 12.3. The molecule has 1 aliphatic rings. The van der Waals surface area contributed by atoms with Crippen molar-refractivity contribution in [1.29, 1.82) is 0 Å². The smallest absolute Gasteiger partial charge is 0.239 e. The van der Waals surface area contributed by atoms with Crippen LogP contribution in [0.2, 0.25) is 0 Å². The van der Waals surface area contributed by atoms with Gasteiger partial charge in [-0.05, 0) is 23.8 Å². The third-order valence-corrected chi connectivity index (χ3v) is 5.92. The van der Waals surface area contributed by atoms with Crippen LogP contribution in [0.4, 0.5) is 0 Å². The molecule has 1 N–H and O–H groups in total. The first kappa shape index (κ1) is 21.4. The molecule has 0 atom stereocenters. The first-order chi connectivity index (χ1) is 13.6. The second kappa shape index (κ2) is 8.57. The summed E-state index contributed by atoms with van der Waals surface area (Å²) in [5.74, 6) is 0.757. The van der Waals surface area contributed by atoms with E-state index < -0.39 is 0 Å². The second-order valence-electron chi connectivity index (χ2n) is 8.57. The van der Waals surface area contributed by atoms with Crippen LogP contribution in [0.15, 0.2) is 29.4 Å². The Morgan fingerprint density at radius 1 is 1.21 bits per heavy atom. The average molecular weight is 416 g/mol. The van der Waals surface area contributed by atoms with Gasteiger partial charge < -0.3 is 14.8 Å². The Kier molecular flexibility index (Phi) is 6.31. The topological polar surface area (TPSA) is 80.1 Å². The van der Waals surface area contributed by atoms with Crippen LogP contribution < -0.4 is 5.32 Å². The fraction of sp³-hybridized carbons (Fsp3) is 0.524. The molecule has 1 saturated carbocycles. The van der Waals surface area contributed by atoms with Gasteiger partial charge in [-0.15, -0.1) is 10.2 Å². The summed E-state index contributed by atoms with van der Waals surface area (Å²) in [6.45, 7) is 6.63. The predicted octanol–water partition coefficient (Wildman–Crippen LogP) is 2.61. The SMILES string of the molecule is CN(CC(=O)NC1CC1)C(=O)CSc1nnc(-c2ccc(C(C)(C)C)cc2)n1C. The van der Waals surface area contributed by atoms with E-state index in [2.05, 4.69) is 60.6 Å². The minimum atomic E-state index is -0.111. The number of hydrogen-bond acceptors (Lipinski definition) is 5. The molecule has 1 aromatic heterocycles. The van der Waals surface area contributed by atoms with Gasteiger partial charge in [0.05, 0.1) is 12.3 Å². The lowest BCUT2D eigenvalue weighted by atomic mass is 9.87. The molecule has 2 aromatic rings. The maximum atomic E-state index is 12.3. The first-order valence-electron chi connectivity index (χ1n) is 9.81. The maximum Gasteiger partial charge on any atom is 0.239 e. The molecule has 0 unspecified atom stereocenters. The number of aromatic nitrogens is 3. The van der Waals surface area contributed by atoms with Gasteiger partial charge in [-0.2, -0.15) is 0 Å². The van der Waals surface area contributed by atoms with E-state index in [4.69, 9.17) is 0 Å². The molecule has 7 nitrogen and oxygen atoms in total. The van der Waals surface area contributed by atoms with E-state index in [1.54, 1.807) is 7.05 Å². The summed E-state index contributed by atoms with van der Waals surface area (Å²) in [4.78, 5) is 25.6. The normalized spacial score (nSPS) is 14.0. The number of nitrogens with one attached hydrogen (secondary N) is 1. The highest BCUT2D eigenvalue weighted by atomic mass is 32.2. The molecule has 2 amide bonds. The van der Waals surface area contributed by atoms with Crippen LogP contribution in [0.25, 0.3) is 11.4 Å². The van der Waals surface area contributed by atoms with Crippen molar-refractivity contribution in [3.05, 3.63) is 29.8 Å². The number of benzene rings is 1. The van der Waals surface area contributed by atoms with Gasteiger partial charge in [-0.25, -0.2) is 0 Å². The Hall–Kier alpha value is -2.35. The third-order valence-electron chi connectivity index (χ3n) is 4.92. The van der Waals surface area contributed by atoms with Gasteiger partial charge in [0.2, 0.25) is 11.8 Å². The molecule has 1 fully saturated rings. The van der Waals surface area contributed by atoms with Gasteiger partial charge in [-0.1, -0.05) is 56.8 Å². The van der Waals surface area contributed by atoms with Gasteiger partial charge >= 0.3 is 0 Å². The monoisotopic (exact) mass is 415 g/mol. The molecule has 1 aliphatic carbocycles. The fourth-order valence-electron chi connectivity index (χ4n) is 2.85. The van der Waals surface area contributed by atoms with Crippen LogP contribution in [0.3, 0.4) is 0 Å². The van der Waals surface area contributed by atoms with Crippen LogP contribution >= 0.6 is 11.8 Å². The van der Waals surface area contributed by atoms with Crippen molar-refractivity contribution in [2.24, 2.45) is 7.05 Å². The van der Waals surface area contributed by atoms with Gasteiger partial charge in [-0.3, -0.25) is 9.59 Å². The van der Waals surface area contributed by atoms with E-state index >= 15 is 0 Å². The van der Waals surface area contributed by atoms with Crippen molar-refractivity contribution in [1.82, 2.24) is 25.0 Å². The van der Waals surface area contributed by atoms with E-state index in [1.807, 2.05) is 11.6 Å². The van der Waals surface area contributed by atoms with Crippen LogP contribution in [-0.4, -0.2) is 56.9 Å². The van der Waals surface area contributed by atoms with E-state index in [0.717, 1.165) is 24.2 Å². The lowest BCUT2D eigenvalue weighted by Crippen LogP contribution is -2.39. The predicted molar refractivity (Wildman–Crippen MR) is 115 cm³/mol.